The lowest BCUT2D eigenvalue weighted by molar-refractivity contribution is 0.665. The van der Waals surface area contributed by atoms with Gasteiger partial charge in [-0.25, -0.2) is 4.99 Å². The first-order valence-electron chi connectivity index (χ1n) is 18.5. The predicted octanol–water partition coefficient (Wildman–Crippen LogP) is 13.0. The third-order valence-electron chi connectivity index (χ3n) is 11.4. The van der Waals surface area contributed by atoms with E-state index in [1.54, 1.807) is 0 Å². The second kappa shape index (κ2) is 11.2. The maximum Gasteiger partial charge on any atom is 0.209 e. The summed E-state index contributed by atoms with van der Waals surface area (Å²) in [6.45, 7) is 0. The fourth-order valence-electron chi connectivity index (χ4n) is 8.95. The van der Waals surface area contributed by atoms with Crippen LogP contribution in [0.1, 0.15) is 17.2 Å². The Bertz CT molecular complexity index is 3370. The van der Waals surface area contributed by atoms with Crippen LogP contribution in [0.3, 0.4) is 0 Å². The Morgan fingerprint density at radius 2 is 1.17 bits per heavy atom. The standard InChI is InChI=1S/C50H31N3O/c1-2-12-30(13-3-1)40-29-44-48(38-19-9-8-18-36(38)40)47-35-17-7-6-14-31(35)23-25-43(47)53(44)50-51-42-21-11-10-20-39(42)49(52-50)34-22-24-37-41-26-32-15-4-5-16-33(32)27-46(41)54-45(37)28-34/h1-29,49H,(H,51,52). The molecule has 3 heterocycles. The normalized spacial score (nSPS) is 14.4. The molecule has 1 unspecified atom stereocenters. The van der Waals surface area contributed by atoms with E-state index in [1.165, 1.54) is 54.2 Å². The Kier molecular flexibility index (Phi) is 6.08. The van der Waals surface area contributed by atoms with Crippen molar-refractivity contribution in [3.05, 3.63) is 187 Å². The first-order chi connectivity index (χ1) is 26.8. The molecule has 0 spiro atoms. The van der Waals surface area contributed by atoms with Crippen molar-refractivity contribution >= 4 is 87.7 Å². The highest BCUT2D eigenvalue weighted by atomic mass is 16.3. The number of aromatic nitrogens is 1. The summed E-state index contributed by atoms with van der Waals surface area (Å²) < 4.78 is 8.92. The van der Waals surface area contributed by atoms with E-state index in [-0.39, 0.29) is 6.04 Å². The molecule has 252 valence electrons. The minimum absolute atomic E-state index is 0.160. The first kappa shape index (κ1) is 29.4. The number of aliphatic imine (C=N–C) groups is 1. The number of benzene rings is 9. The molecule has 12 rings (SSSR count). The molecule has 1 aliphatic heterocycles. The monoisotopic (exact) mass is 689 g/mol. The van der Waals surface area contributed by atoms with Gasteiger partial charge in [0.25, 0.3) is 0 Å². The van der Waals surface area contributed by atoms with Crippen LogP contribution < -0.4 is 5.32 Å². The zero-order chi connectivity index (χ0) is 35.3. The average Bonchev–Trinajstić information content (AvgIpc) is 3.77. The van der Waals surface area contributed by atoms with Crippen molar-refractivity contribution in [1.82, 2.24) is 9.88 Å². The van der Waals surface area contributed by atoms with Gasteiger partial charge in [-0.15, -0.1) is 0 Å². The Morgan fingerprint density at radius 1 is 0.481 bits per heavy atom. The molecule has 0 bridgehead atoms. The fraction of sp³-hybridized carbons (Fsp3) is 0.0200. The number of para-hydroxylation sites is 1. The van der Waals surface area contributed by atoms with E-state index >= 15 is 0 Å². The molecule has 0 aliphatic carbocycles. The Labute approximate surface area is 310 Å². The quantitative estimate of drug-likeness (QED) is 0.196. The number of furan rings is 1. The van der Waals surface area contributed by atoms with Crippen LogP contribution in [0.2, 0.25) is 0 Å². The maximum atomic E-state index is 6.57. The van der Waals surface area contributed by atoms with Crippen LogP contribution in [-0.4, -0.2) is 10.5 Å². The number of nitrogens with one attached hydrogen (secondary N) is 1. The third kappa shape index (κ3) is 4.22. The van der Waals surface area contributed by atoms with Crippen LogP contribution in [0.25, 0.3) is 87.2 Å². The minimum Gasteiger partial charge on any atom is -0.456 e. The number of nitrogens with zero attached hydrogens (tertiary/aromatic N) is 2. The van der Waals surface area contributed by atoms with Gasteiger partial charge in [0.2, 0.25) is 5.96 Å². The average molecular weight is 690 g/mol. The third-order valence-corrected chi connectivity index (χ3v) is 11.4. The maximum absolute atomic E-state index is 6.57. The van der Waals surface area contributed by atoms with Crippen molar-refractivity contribution in [2.75, 3.05) is 0 Å². The number of rotatable bonds is 2. The lowest BCUT2D eigenvalue weighted by Crippen LogP contribution is -2.36. The second-order valence-corrected chi connectivity index (χ2v) is 14.4. The van der Waals surface area contributed by atoms with Crippen molar-refractivity contribution in [2.24, 2.45) is 4.99 Å². The molecular formula is C50H31N3O. The summed E-state index contributed by atoms with van der Waals surface area (Å²) in [5.74, 6) is 0.791. The first-order valence-corrected chi connectivity index (χ1v) is 18.5. The summed E-state index contributed by atoms with van der Waals surface area (Å²) in [5.41, 5.74) is 9.59. The largest absolute Gasteiger partial charge is 0.456 e. The second-order valence-electron chi connectivity index (χ2n) is 14.4. The molecular weight excluding hydrogens is 659 g/mol. The lowest BCUT2D eigenvalue weighted by Gasteiger charge is -2.28. The predicted molar refractivity (Wildman–Crippen MR) is 225 cm³/mol. The summed E-state index contributed by atoms with van der Waals surface area (Å²) in [5, 5.41) is 16.0. The van der Waals surface area contributed by atoms with E-state index in [2.05, 4.69) is 186 Å². The van der Waals surface area contributed by atoms with Gasteiger partial charge in [0, 0.05) is 27.1 Å². The lowest BCUT2D eigenvalue weighted by atomic mass is 9.94. The van der Waals surface area contributed by atoms with Gasteiger partial charge in [-0.3, -0.25) is 4.57 Å². The van der Waals surface area contributed by atoms with Gasteiger partial charge in [-0.05, 0) is 85.4 Å². The number of hydrogen-bond donors (Lipinski definition) is 1. The van der Waals surface area contributed by atoms with E-state index < -0.39 is 0 Å². The Hall–Kier alpha value is -7.17. The van der Waals surface area contributed by atoms with Gasteiger partial charge >= 0.3 is 0 Å². The van der Waals surface area contributed by atoms with Gasteiger partial charge in [0.05, 0.1) is 22.8 Å². The molecule has 0 saturated carbocycles. The van der Waals surface area contributed by atoms with Gasteiger partial charge in [-0.1, -0.05) is 140 Å². The molecule has 1 N–H and O–H groups in total. The highest BCUT2D eigenvalue weighted by Crippen LogP contribution is 2.44. The van der Waals surface area contributed by atoms with Gasteiger partial charge in [-0.2, -0.15) is 0 Å². The van der Waals surface area contributed by atoms with Crippen molar-refractivity contribution in [1.29, 1.82) is 0 Å². The molecule has 11 aromatic rings. The zero-order valence-corrected chi connectivity index (χ0v) is 29.1. The van der Waals surface area contributed by atoms with Crippen LogP contribution in [0.4, 0.5) is 5.69 Å². The molecule has 0 saturated heterocycles. The highest BCUT2D eigenvalue weighted by molar-refractivity contribution is 6.31. The summed E-state index contributed by atoms with van der Waals surface area (Å²) >= 11 is 0. The molecule has 4 heteroatoms. The van der Waals surface area contributed by atoms with Crippen molar-refractivity contribution in [2.45, 2.75) is 6.04 Å². The zero-order valence-electron chi connectivity index (χ0n) is 29.1. The molecule has 0 radical (unpaired) electrons. The summed E-state index contributed by atoms with van der Waals surface area (Å²) in [7, 11) is 0. The van der Waals surface area contributed by atoms with Crippen LogP contribution in [-0.2, 0) is 0 Å². The van der Waals surface area contributed by atoms with Crippen LogP contribution in [0.15, 0.2) is 185 Å². The molecule has 1 aliphatic rings. The number of fused-ring (bicyclic) bond motifs is 12. The minimum atomic E-state index is -0.160. The number of hydrogen-bond acceptors (Lipinski definition) is 3. The topological polar surface area (TPSA) is 42.5 Å². The molecule has 1 atom stereocenters. The summed E-state index contributed by atoms with van der Waals surface area (Å²) in [6.07, 6.45) is 0. The summed E-state index contributed by atoms with van der Waals surface area (Å²) in [4.78, 5) is 5.40. The Morgan fingerprint density at radius 3 is 2.04 bits per heavy atom. The van der Waals surface area contributed by atoms with Crippen molar-refractivity contribution in [3.8, 4) is 11.1 Å². The van der Waals surface area contributed by atoms with E-state index in [1.807, 2.05) is 0 Å². The van der Waals surface area contributed by atoms with Crippen LogP contribution in [0.5, 0.6) is 0 Å². The highest BCUT2D eigenvalue weighted by Gasteiger charge is 2.28. The van der Waals surface area contributed by atoms with Crippen LogP contribution in [0, 0.1) is 0 Å². The van der Waals surface area contributed by atoms with E-state index in [0.717, 1.165) is 55.7 Å². The van der Waals surface area contributed by atoms with Gasteiger partial charge < -0.3 is 9.73 Å². The summed E-state index contributed by atoms with van der Waals surface area (Å²) in [6, 6.07) is 63.0. The fourth-order valence-corrected chi connectivity index (χ4v) is 8.95. The van der Waals surface area contributed by atoms with Gasteiger partial charge in [0.1, 0.15) is 11.2 Å². The van der Waals surface area contributed by atoms with Crippen LogP contribution >= 0.6 is 0 Å². The molecule has 2 aromatic heterocycles. The molecule has 54 heavy (non-hydrogen) atoms. The Balaban J connectivity index is 1.12. The van der Waals surface area contributed by atoms with E-state index in [9.17, 15) is 0 Å². The SMILES string of the molecule is c1ccc(-c2cc3c(c4ccccc24)c2c4ccccc4ccc2n3C2=Nc3ccccc3C(c3ccc4c(c3)oc3cc5ccccc5cc34)N2)cc1. The molecule has 0 fully saturated rings. The molecule has 9 aromatic carbocycles. The van der Waals surface area contributed by atoms with Crippen molar-refractivity contribution in [3.63, 3.8) is 0 Å². The van der Waals surface area contributed by atoms with Gasteiger partial charge in [0.15, 0.2) is 0 Å². The smallest absolute Gasteiger partial charge is 0.209 e. The van der Waals surface area contributed by atoms with E-state index in [4.69, 9.17) is 9.41 Å². The molecule has 0 amide bonds. The van der Waals surface area contributed by atoms with Crippen molar-refractivity contribution < 1.29 is 4.42 Å². The van der Waals surface area contributed by atoms with E-state index in [0.29, 0.717) is 0 Å². The molecule has 4 nitrogen and oxygen atoms in total.